The summed E-state index contributed by atoms with van der Waals surface area (Å²) in [6, 6.07) is 4.94. The van der Waals surface area contributed by atoms with E-state index in [1.165, 1.54) is 11.1 Å². The lowest BCUT2D eigenvalue weighted by atomic mass is 10.0. The molecule has 2 aromatic heterocycles. The topological polar surface area (TPSA) is 159 Å². The molecule has 0 radical (unpaired) electrons. The third-order valence-electron chi connectivity index (χ3n) is 7.01. The molecule has 2 saturated heterocycles. The van der Waals surface area contributed by atoms with Gasteiger partial charge in [0.1, 0.15) is 36.1 Å². The first-order valence-corrected chi connectivity index (χ1v) is 12.7. The van der Waals surface area contributed by atoms with Gasteiger partial charge in [-0.1, -0.05) is 0 Å². The summed E-state index contributed by atoms with van der Waals surface area (Å²) >= 11 is 0. The number of hydrogen-bond acceptors (Lipinski definition) is 10. The molecule has 5 heterocycles. The first kappa shape index (κ1) is 26.5. The molecule has 2 atom stereocenters. The molecule has 2 aromatic rings. The van der Waals surface area contributed by atoms with Crippen LogP contribution in [0.1, 0.15) is 33.6 Å². The van der Waals surface area contributed by atoms with Gasteiger partial charge in [0.15, 0.2) is 6.29 Å². The van der Waals surface area contributed by atoms with E-state index in [9.17, 15) is 19.6 Å². The Morgan fingerprint density at radius 3 is 2.95 bits per heavy atom. The van der Waals surface area contributed by atoms with E-state index in [0.29, 0.717) is 74.7 Å². The van der Waals surface area contributed by atoms with Crippen molar-refractivity contribution in [3.8, 4) is 6.07 Å². The molecule has 2 N–H and O–H groups in total. The zero-order valence-corrected chi connectivity index (χ0v) is 21.5. The minimum Gasteiger partial charge on any atom is -0.377 e. The SMILES string of the molecule is CO[C@H]1COC[C@@H]1Nc1cc(NC(=O)N2CCCc3cc(CN4CCOCC4=O)c(C=O)nc32)ncc1C#N. The first-order chi connectivity index (χ1) is 19.0. The van der Waals surface area contributed by atoms with Crippen molar-refractivity contribution < 1.29 is 28.6 Å². The van der Waals surface area contributed by atoms with E-state index in [-0.39, 0.29) is 42.7 Å². The van der Waals surface area contributed by atoms with Crippen LogP contribution in [-0.4, -0.2) is 91.9 Å². The minimum atomic E-state index is -0.460. The molecule has 2 fully saturated rings. The van der Waals surface area contributed by atoms with Gasteiger partial charge in [0.25, 0.3) is 0 Å². The van der Waals surface area contributed by atoms with E-state index in [2.05, 4.69) is 26.7 Å². The van der Waals surface area contributed by atoms with Crippen LogP contribution in [0.3, 0.4) is 0 Å². The molecule has 13 nitrogen and oxygen atoms in total. The number of pyridine rings is 2. The molecule has 0 saturated carbocycles. The number of amides is 3. The number of fused-ring (bicyclic) bond motifs is 1. The highest BCUT2D eigenvalue weighted by Gasteiger charge is 2.30. The molecule has 39 heavy (non-hydrogen) atoms. The second-order valence-corrected chi connectivity index (χ2v) is 9.48. The Labute approximate surface area is 225 Å². The van der Waals surface area contributed by atoms with Crippen molar-refractivity contribution >= 4 is 35.5 Å². The molecule has 0 unspecified atom stereocenters. The second kappa shape index (κ2) is 11.7. The van der Waals surface area contributed by atoms with Crippen LogP contribution < -0.4 is 15.5 Å². The maximum atomic E-state index is 13.3. The molecule has 0 aliphatic carbocycles. The van der Waals surface area contributed by atoms with E-state index in [1.54, 1.807) is 18.1 Å². The van der Waals surface area contributed by atoms with E-state index in [4.69, 9.17) is 14.2 Å². The largest absolute Gasteiger partial charge is 0.377 e. The highest BCUT2D eigenvalue weighted by Crippen LogP contribution is 2.29. The van der Waals surface area contributed by atoms with Gasteiger partial charge in [0, 0.05) is 44.6 Å². The van der Waals surface area contributed by atoms with E-state index < -0.39 is 6.03 Å². The van der Waals surface area contributed by atoms with Crippen molar-refractivity contribution in [1.29, 1.82) is 5.26 Å². The van der Waals surface area contributed by atoms with Gasteiger partial charge in [0.2, 0.25) is 5.91 Å². The summed E-state index contributed by atoms with van der Waals surface area (Å²) in [5, 5.41) is 15.6. The summed E-state index contributed by atoms with van der Waals surface area (Å²) in [5.74, 6) is 0.509. The summed E-state index contributed by atoms with van der Waals surface area (Å²) in [7, 11) is 1.60. The standard InChI is InChI=1S/C26H29N7O6/c1-37-22-14-39-13-21(22)29-19-8-23(28-10-18(19)9-27)31-26(36)33-4-2-3-16-7-17(20(12-34)30-25(16)33)11-32-5-6-38-15-24(32)35/h7-8,10,12,21-22H,2-6,11,13-15H2,1H3,(H2,28,29,31,36)/t21-,22-/m0/s1. The molecule has 3 aliphatic rings. The van der Waals surface area contributed by atoms with Crippen LogP contribution in [0.5, 0.6) is 0 Å². The highest BCUT2D eigenvalue weighted by molar-refractivity contribution is 6.02. The fourth-order valence-electron chi connectivity index (χ4n) is 4.92. The van der Waals surface area contributed by atoms with Crippen molar-refractivity contribution in [2.24, 2.45) is 0 Å². The van der Waals surface area contributed by atoms with Gasteiger partial charge in [-0.05, 0) is 24.5 Å². The number of urea groups is 1. The summed E-state index contributed by atoms with van der Waals surface area (Å²) in [6.45, 7) is 2.42. The number of rotatable bonds is 7. The van der Waals surface area contributed by atoms with Crippen molar-refractivity contribution in [2.45, 2.75) is 31.5 Å². The molecule has 5 rings (SSSR count). The van der Waals surface area contributed by atoms with Crippen molar-refractivity contribution in [3.05, 3.63) is 40.7 Å². The first-order valence-electron chi connectivity index (χ1n) is 12.7. The lowest BCUT2D eigenvalue weighted by Crippen LogP contribution is -2.42. The molecule has 3 amide bonds. The number of aldehydes is 1. The number of anilines is 3. The lowest BCUT2D eigenvalue weighted by molar-refractivity contribution is -0.143. The predicted molar refractivity (Wildman–Crippen MR) is 139 cm³/mol. The molecule has 13 heteroatoms. The summed E-state index contributed by atoms with van der Waals surface area (Å²) in [5.41, 5.74) is 2.46. The fraction of sp³-hybridized carbons (Fsp3) is 0.462. The molecule has 0 bridgehead atoms. The van der Waals surface area contributed by atoms with Crippen LogP contribution in [0.25, 0.3) is 0 Å². The summed E-state index contributed by atoms with van der Waals surface area (Å²) in [6.07, 6.45) is 3.25. The lowest BCUT2D eigenvalue weighted by Gasteiger charge is -2.31. The molecular weight excluding hydrogens is 506 g/mol. The number of aromatic nitrogens is 2. The second-order valence-electron chi connectivity index (χ2n) is 9.48. The van der Waals surface area contributed by atoms with Crippen molar-refractivity contribution in [1.82, 2.24) is 14.9 Å². The number of methoxy groups -OCH3 is 1. The van der Waals surface area contributed by atoms with Gasteiger partial charge in [0.05, 0.1) is 37.1 Å². The van der Waals surface area contributed by atoms with E-state index >= 15 is 0 Å². The Bertz CT molecular complexity index is 1310. The van der Waals surface area contributed by atoms with Crippen LogP contribution >= 0.6 is 0 Å². The Morgan fingerprint density at radius 2 is 2.18 bits per heavy atom. The fourth-order valence-corrected chi connectivity index (χ4v) is 4.92. The number of nitrogens with zero attached hydrogens (tertiary/aromatic N) is 5. The molecular formula is C26H29N7O6. The van der Waals surface area contributed by atoms with Gasteiger partial charge < -0.3 is 24.4 Å². The average Bonchev–Trinajstić information content (AvgIpc) is 3.40. The Balaban J connectivity index is 1.35. The van der Waals surface area contributed by atoms with Gasteiger partial charge in [-0.15, -0.1) is 0 Å². The van der Waals surface area contributed by atoms with Crippen LogP contribution in [0.2, 0.25) is 0 Å². The Morgan fingerprint density at radius 1 is 1.31 bits per heavy atom. The summed E-state index contributed by atoms with van der Waals surface area (Å²) in [4.78, 5) is 49.3. The van der Waals surface area contributed by atoms with Gasteiger partial charge in [-0.25, -0.2) is 14.8 Å². The number of nitrogens with one attached hydrogen (secondary N) is 2. The normalized spacial score (nSPS) is 20.8. The van der Waals surface area contributed by atoms with Gasteiger partial charge in [-0.3, -0.25) is 19.8 Å². The third-order valence-corrected chi connectivity index (χ3v) is 7.01. The van der Waals surface area contributed by atoms with Crippen molar-refractivity contribution in [2.75, 3.05) is 62.2 Å². The zero-order chi connectivity index (χ0) is 27.4. The quantitative estimate of drug-likeness (QED) is 0.495. The van der Waals surface area contributed by atoms with E-state index in [0.717, 1.165) is 5.56 Å². The zero-order valence-electron chi connectivity index (χ0n) is 21.5. The van der Waals surface area contributed by atoms with Crippen molar-refractivity contribution in [3.63, 3.8) is 0 Å². The van der Waals surface area contributed by atoms with Crippen LogP contribution in [0.4, 0.5) is 22.1 Å². The molecule has 3 aliphatic heterocycles. The maximum absolute atomic E-state index is 13.3. The maximum Gasteiger partial charge on any atom is 0.328 e. The Kier molecular flexibility index (Phi) is 7.97. The number of hydrogen-bond donors (Lipinski definition) is 2. The molecule has 0 aromatic carbocycles. The van der Waals surface area contributed by atoms with E-state index in [1.807, 2.05) is 6.07 Å². The van der Waals surface area contributed by atoms with Crippen LogP contribution in [0.15, 0.2) is 18.3 Å². The Hall–Kier alpha value is -4.12. The van der Waals surface area contributed by atoms with Gasteiger partial charge in [-0.2, -0.15) is 5.26 Å². The highest BCUT2D eigenvalue weighted by atomic mass is 16.5. The van der Waals surface area contributed by atoms with Crippen LogP contribution in [-0.2, 0) is 32.0 Å². The smallest absolute Gasteiger partial charge is 0.328 e. The third kappa shape index (κ3) is 5.68. The average molecular weight is 536 g/mol. The number of carbonyl (C=O) groups is 3. The molecule has 0 spiro atoms. The number of nitriles is 1. The number of morpholine rings is 1. The van der Waals surface area contributed by atoms with Gasteiger partial charge >= 0.3 is 6.03 Å². The monoisotopic (exact) mass is 535 g/mol. The molecule has 204 valence electrons. The number of aryl methyl sites for hydroxylation is 1. The summed E-state index contributed by atoms with van der Waals surface area (Å²) < 4.78 is 16.1. The van der Waals surface area contributed by atoms with Crippen LogP contribution in [0, 0.1) is 11.3 Å². The number of ether oxygens (including phenoxy) is 3. The number of carbonyl (C=O) groups excluding carboxylic acids is 3. The minimum absolute atomic E-state index is 0.0186. The predicted octanol–water partition coefficient (Wildman–Crippen LogP) is 1.33.